The predicted octanol–water partition coefficient (Wildman–Crippen LogP) is -1.21. The molecule has 0 bridgehead atoms. The summed E-state index contributed by atoms with van der Waals surface area (Å²) < 4.78 is 27.3. The summed E-state index contributed by atoms with van der Waals surface area (Å²) in [7, 11) is 0. The minimum absolute atomic E-state index is 0.0241. The summed E-state index contributed by atoms with van der Waals surface area (Å²) in [5.74, 6) is -6.08. The number of aliphatic hydroxyl groups is 5. The zero-order valence-electron chi connectivity index (χ0n) is 45.8. The maximum absolute atomic E-state index is 14.1. The van der Waals surface area contributed by atoms with Crippen molar-refractivity contribution in [3.05, 3.63) is 29.8 Å². The molecule has 1 aromatic carbocycles. The number of hydrogen-bond acceptors (Lipinski definition) is 19. The van der Waals surface area contributed by atoms with Crippen LogP contribution in [-0.2, 0) is 68.6 Å². The van der Waals surface area contributed by atoms with E-state index < -0.39 is 103 Å². The fraction of sp³-hybridized carbons (Fsp3) is 0.712. The zero-order chi connectivity index (χ0) is 58.3. The average molecular weight is 1110 g/mol. The summed E-state index contributed by atoms with van der Waals surface area (Å²) in [5, 5.41) is 61.8. The van der Waals surface area contributed by atoms with Crippen molar-refractivity contribution in [1.82, 2.24) is 26.2 Å². The molecule has 12 N–H and O–H groups in total. The van der Waals surface area contributed by atoms with Crippen LogP contribution < -0.4 is 32.3 Å². The fourth-order valence-electron chi connectivity index (χ4n) is 7.73. The number of nitrogens with two attached hydrogens (primary N) is 1. The molecule has 2 rings (SSSR count). The van der Waals surface area contributed by atoms with Crippen LogP contribution >= 0.6 is 0 Å². The molecule has 1 saturated heterocycles. The normalized spacial score (nSPS) is 16.3. The summed E-state index contributed by atoms with van der Waals surface area (Å²) in [6.07, 6.45) is -8.19. The second-order valence-electron chi connectivity index (χ2n) is 19.9. The van der Waals surface area contributed by atoms with E-state index >= 15 is 0 Å². The molecule has 1 fully saturated rings. The van der Waals surface area contributed by atoms with E-state index in [4.69, 9.17) is 34.5 Å². The molecule has 1 aliphatic rings. The molecule has 1 aromatic rings. The van der Waals surface area contributed by atoms with Crippen molar-refractivity contribution >= 4 is 58.9 Å². The van der Waals surface area contributed by atoms with Gasteiger partial charge in [0.2, 0.25) is 35.4 Å². The van der Waals surface area contributed by atoms with Crippen LogP contribution in [0.4, 0.5) is 10.5 Å². The standard InChI is InChI=1S/C52H85N7O19/c1-31(2)37-27-44(66)59(50(37)71)17-19-75-21-23-77-25-24-76-22-20-74-18-15-43(65)57-38(13-14-42(64)55-28-40(62)46(67)47(68)41(63)29-60)49(70)58-45(32(3)4)39(61)26-35(8-7-16-54-52(53)73)48(69)56-36-11-9-34(10-12-36)30-78-51(72)33(5)6/h9-12,31-33,35,37-38,40-41,45-47,60,62-63,67-68H,7-8,13-30H2,1-6H3,(H,55,64)(H,56,69)(H,57,65)(H,58,70)(H3,53,54,73)/t35-,37?,38-,40+,41-,45+,46-,47-/m1/s1. The number of carbonyl (C=O) groups is 9. The SMILES string of the molecule is CC(C)C(=O)OCc1ccc(NC(=O)[C@H](CCCNC(N)=O)CC(=O)[C@@H](NC(=O)[C@@H](CCC(=O)NC[C@H](O)[C@@H](O)[C@H](O)[C@H](O)CO)NC(=O)CCOCCOCCOCCOCCN2C(=O)CC(C(C)C)C2=O)C(C)C)cc1. The van der Waals surface area contributed by atoms with Crippen LogP contribution in [-0.4, -0.2) is 199 Å². The zero-order valence-corrected chi connectivity index (χ0v) is 45.8. The van der Waals surface area contributed by atoms with Gasteiger partial charge >= 0.3 is 12.0 Å². The number of primary amides is 1. The van der Waals surface area contributed by atoms with Crippen LogP contribution in [0.5, 0.6) is 0 Å². The number of likely N-dealkylation sites (tertiary alicyclic amines) is 1. The number of ketones is 1. The van der Waals surface area contributed by atoms with E-state index in [-0.39, 0.29) is 147 Å². The van der Waals surface area contributed by atoms with Gasteiger partial charge in [0.15, 0.2) is 5.78 Å². The lowest BCUT2D eigenvalue weighted by molar-refractivity contribution is -0.148. The first-order chi connectivity index (χ1) is 37.0. The highest BCUT2D eigenvalue weighted by atomic mass is 16.6. The lowest BCUT2D eigenvalue weighted by Gasteiger charge is -2.27. The number of nitrogens with one attached hydrogen (secondary N) is 5. The van der Waals surface area contributed by atoms with Crippen LogP contribution in [0.3, 0.4) is 0 Å². The molecule has 0 saturated carbocycles. The topological polar surface area (TPSA) is 390 Å². The van der Waals surface area contributed by atoms with Gasteiger partial charge in [-0.3, -0.25) is 43.3 Å². The molecule has 1 heterocycles. The highest BCUT2D eigenvalue weighted by molar-refractivity contribution is 6.03. The Morgan fingerprint density at radius 1 is 0.718 bits per heavy atom. The van der Waals surface area contributed by atoms with Crippen LogP contribution in [0.1, 0.15) is 92.1 Å². The number of hydrogen-bond donors (Lipinski definition) is 11. The van der Waals surface area contributed by atoms with Crippen LogP contribution in [0, 0.1) is 29.6 Å². The van der Waals surface area contributed by atoms with Gasteiger partial charge in [0.25, 0.3) is 0 Å². The quantitative estimate of drug-likeness (QED) is 0.0208. The van der Waals surface area contributed by atoms with Crippen LogP contribution in [0.25, 0.3) is 0 Å². The number of ether oxygens (including phenoxy) is 5. The Hall–Kier alpha value is -5.71. The molecule has 1 unspecified atom stereocenters. The molecular weight excluding hydrogens is 1030 g/mol. The third kappa shape index (κ3) is 26.3. The molecule has 1 aliphatic heterocycles. The number of esters is 1. The minimum atomic E-state index is -1.95. The van der Waals surface area contributed by atoms with Gasteiger partial charge in [0.1, 0.15) is 31.0 Å². The summed E-state index contributed by atoms with van der Waals surface area (Å²) in [4.78, 5) is 117. The fourth-order valence-corrected chi connectivity index (χ4v) is 7.73. The Morgan fingerprint density at radius 2 is 1.31 bits per heavy atom. The second-order valence-corrected chi connectivity index (χ2v) is 19.9. The van der Waals surface area contributed by atoms with Gasteiger partial charge in [-0.2, -0.15) is 0 Å². The Bertz CT molecular complexity index is 2040. The number of Topliss-reactive ketones (excluding diaryl/α,β-unsaturated/α-hetero) is 1. The molecule has 0 aliphatic carbocycles. The smallest absolute Gasteiger partial charge is 0.312 e. The van der Waals surface area contributed by atoms with Gasteiger partial charge in [-0.1, -0.05) is 53.7 Å². The maximum Gasteiger partial charge on any atom is 0.312 e. The van der Waals surface area contributed by atoms with Crippen LogP contribution in [0.2, 0.25) is 0 Å². The molecular formula is C52H85N7O19. The Morgan fingerprint density at radius 3 is 1.86 bits per heavy atom. The number of nitrogens with zero attached hydrogens (tertiary/aromatic N) is 1. The van der Waals surface area contributed by atoms with E-state index in [1.165, 1.54) is 4.90 Å². The van der Waals surface area contributed by atoms with E-state index in [9.17, 15) is 63.6 Å². The Labute approximate surface area is 455 Å². The van der Waals surface area contributed by atoms with Gasteiger partial charge < -0.3 is 81.5 Å². The Balaban J connectivity index is 2.02. The number of benzene rings is 1. The summed E-state index contributed by atoms with van der Waals surface area (Å²) >= 11 is 0. The third-order valence-electron chi connectivity index (χ3n) is 12.5. The molecule has 78 heavy (non-hydrogen) atoms. The van der Waals surface area contributed by atoms with Crippen molar-refractivity contribution in [2.45, 2.75) is 130 Å². The number of aliphatic hydroxyl groups excluding tert-OH is 5. The molecule has 26 heteroatoms. The lowest BCUT2D eigenvalue weighted by atomic mass is 9.89. The van der Waals surface area contributed by atoms with Crippen LogP contribution in [0.15, 0.2) is 24.3 Å². The number of amides is 8. The van der Waals surface area contributed by atoms with Crippen molar-refractivity contribution in [1.29, 1.82) is 0 Å². The largest absolute Gasteiger partial charge is 0.461 e. The highest BCUT2D eigenvalue weighted by Gasteiger charge is 2.40. The van der Waals surface area contributed by atoms with E-state index in [1.807, 2.05) is 13.8 Å². The first kappa shape index (κ1) is 68.4. The molecule has 8 amide bonds. The first-order valence-corrected chi connectivity index (χ1v) is 26.4. The van der Waals surface area contributed by atoms with Crippen molar-refractivity contribution in [2.75, 3.05) is 84.4 Å². The van der Waals surface area contributed by atoms with Crippen molar-refractivity contribution in [3.63, 3.8) is 0 Å². The molecule has 26 nitrogen and oxygen atoms in total. The van der Waals surface area contributed by atoms with Gasteiger partial charge in [0.05, 0.1) is 84.1 Å². The lowest BCUT2D eigenvalue weighted by Crippen LogP contribution is -2.54. The van der Waals surface area contributed by atoms with E-state index in [1.54, 1.807) is 52.0 Å². The van der Waals surface area contributed by atoms with Crippen molar-refractivity contribution in [3.8, 4) is 0 Å². The summed E-state index contributed by atoms with van der Waals surface area (Å²) in [6.45, 7) is 10.7. The molecule has 0 aromatic heterocycles. The van der Waals surface area contributed by atoms with Gasteiger partial charge in [0, 0.05) is 56.3 Å². The monoisotopic (exact) mass is 1110 g/mol. The molecule has 8 atom stereocenters. The molecule has 442 valence electrons. The third-order valence-corrected chi connectivity index (χ3v) is 12.5. The van der Waals surface area contributed by atoms with Gasteiger partial charge in [-0.25, -0.2) is 4.79 Å². The average Bonchev–Trinajstić information content (AvgIpc) is 3.69. The number of urea groups is 1. The van der Waals surface area contributed by atoms with E-state index in [2.05, 4.69) is 26.6 Å². The molecule has 0 radical (unpaired) electrons. The maximum atomic E-state index is 14.1. The Kier molecular flexibility index (Phi) is 32.6. The summed E-state index contributed by atoms with van der Waals surface area (Å²) in [6, 6.07) is 3.16. The van der Waals surface area contributed by atoms with Gasteiger partial charge in [-0.05, 0) is 48.8 Å². The summed E-state index contributed by atoms with van der Waals surface area (Å²) in [5.41, 5.74) is 6.27. The predicted molar refractivity (Wildman–Crippen MR) is 279 cm³/mol. The number of anilines is 1. The van der Waals surface area contributed by atoms with Crippen molar-refractivity contribution in [2.24, 2.45) is 35.3 Å². The minimum Gasteiger partial charge on any atom is -0.461 e. The van der Waals surface area contributed by atoms with Gasteiger partial charge in [-0.15, -0.1) is 0 Å². The van der Waals surface area contributed by atoms with E-state index in [0.29, 0.717) is 11.3 Å². The number of carbonyl (C=O) groups excluding carboxylic acids is 9. The first-order valence-electron chi connectivity index (χ1n) is 26.4. The number of rotatable bonds is 41. The molecule has 0 spiro atoms. The number of imide groups is 1. The van der Waals surface area contributed by atoms with Crippen molar-refractivity contribution < 1.29 is 92.4 Å². The highest BCUT2D eigenvalue weighted by Crippen LogP contribution is 2.26. The van der Waals surface area contributed by atoms with E-state index in [0.717, 1.165) is 0 Å². The second kappa shape index (κ2) is 37.2.